The van der Waals surface area contributed by atoms with Crippen LogP contribution in [0.2, 0.25) is 5.02 Å². The molecular formula is C21H25ClFN3O3S. The van der Waals surface area contributed by atoms with Gasteiger partial charge in [-0.15, -0.1) is 0 Å². The standard InChI is InChI=1S/C21H25ClFN3O3S/c1-13-5-3-4-6-16(13)21(27)25-17-7-8-18(20(23)19(17)22)30(28,29)26-14(2)15-9-11-24-12-10-15/h3-8,14-15,24,26H,9-12H2,1-2H3,(H,25,27). The summed E-state index contributed by atoms with van der Waals surface area (Å²) in [5.41, 5.74) is 1.18. The number of sulfonamides is 1. The third kappa shape index (κ3) is 5.00. The largest absolute Gasteiger partial charge is 0.321 e. The number of carbonyl (C=O) groups is 1. The smallest absolute Gasteiger partial charge is 0.255 e. The highest BCUT2D eigenvalue weighted by Crippen LogP contribution is 2.31. The quantitative estimate of drug-likeness (QED) is 0.622. The number of hydrogen-bond donors (Lipinski definition) is 3. The first-order chi connectivity index (χ1) is 14.2. The first-order valence-corrected chi connectivity index (χ1v) is 11.6. The predicted molar refractivity (Wildman–Crippen MR) is 116 cm³/mol. The van der Waals surface area contributed by atoms with Crippen LogP contribution in [0.5, 0.6) is 0 Å². The second kappa shape index (κ2) is 9.43. The lowest BCUT2D eigenvalue weighted by Crippen LogP contribution is -2.42. The van der Waals surface area contributed by atoms with Crippen molar-refractivity contribution in [2.24, 2.45) is 5.92 Å². The fourth-order valence-corrected chi connectivity index (χ4v) is 5.26. The predicted octanol–water partition coefficient (Wildman–Crippen LogP) is 3.71. The van der Waals surface area contributed by atoms with Crippen molar-refractivity contribution < 1.29 is 17.6 Å². The van der Waals surface area contributed by atoms with Gasteiger partial charge in [-0.3, -0.25) is 4.79 Å². The monoisotopic (exact) mass is 453 g/mol. The van der Waals surface area contributed by atoms with E-state index in [1.54, 1.807) is 38.1 Å². The highest BCUT2D eigenvalue weighted by Gasteiger charge is 2.28. The summed E-state index contributed by atoms with van der Waals surface area (Å²) in [6, 6.07) is 9.01. The number of halogens is 2. The van der Waals surface area contributed by atoms with Crippen molar-refractivity contribution in [3.05, 3.63) is 58.4 Å². The van der Waals surface area contributed by atoms with Gasteiger partial charge in [-0.05, 0) is 69.5 Å². The van der Waals surface area contributed by atoms with Crippen LogP contribution < -0.4 is 15.4 Å². The fraction of sp³-hybridized carbons (Fsp3) is 0.381. The zero-order chi connectivity index (χ0) is 21.9. The number of nitrogens with one attached hydrogen (secondary N) is 3. The summed E-state index contributed by atoms with van der Waals surface area (Å²) in [6.07, 6.45) is 1.69. The lowest BCUT2D eigenvalue weighted by molar-refractivity contribution is 0.102. The Morgan fingerprint density at radius 2 is 1.87 bits per heavy atom. The van der Waals surface area contributed by atoms with E-state index in [2.05, 4.69) is 15.4 Å². The molecule has 0 spiro atoms. The molecule has 1 atom stereocenters. The molecule has 1 heterocycles. The molecule has 1 saturated heterocycles. The second-order valence-electron chi connectivity index (χ2n) is 7.51. The topological polar surface area (TPSA) is 87.3 Å². The maximum absolute atomic E-state index is 14.9. The molecule has 1 aliphatic heterocycles. The van der Waals surface area contributed by atoms with Crippen LogP contribution in [0.4, 0.5) is 10.1 Å². The van der Waals surface area contributed by atoms with Gasteiger partial charge in [0.1, 0.15) is 9.92 Å². The Kier molecular flexibility index (Phi) is 7.13. The van der Waals surface area contributed by atoms with Crippen LogP contribution in [0.1, 0.15) is 35.7 Å². The average Bonchev–Trinajstić information content (AvgIpc) is 2.72. The molecule has 2 aromatic rings. The van der Waals surface area contributed by atoms with Crippen molar-refractivity contribution in [3.8, 4) is 0 Å². The van der Waals surface area contributed by atoms with E-state index in [1.165, 1.54) is 6.07 Å². The molecule has 2 aromatic carbocycles. The van der Waals surface area contributed by atoms with Gasteiger partial charge >= 0.3 is 0 Å². The molecule has 0 saturated carbocycles. The lowest BCUT2D eigenvalue weighted by Gasteiger charge is -2.28. The van der Waals surface area contributed by atoms with E-state index < -0.39 is 31.7 Å². The molecule has 0 radical (unpaired) electrons. The summed E-state index contributed by atoms with van der Waals surface area (Å²) >= 11 is 6.07. The van der Waals surface area contributed by atoms with Crippen LogP contribution in [-0.4, -0.2) is 33.5 Å². The van der Waals surface area contributed by atoms with Gasteiger partial charge in [0.15, 0.2) is 5.82 Å². The number of benzene rings is 2. The van der Waals surface area contributed by atoms with Gasteiger partial charge in [0.25, 0.3) is 5.91 Å². The summed E-state index contributed by atoms with van der Waals surface area (Å²) in [7, 11) is -4.11. The van der Waals surface area contributed by atoms with E-state index in [0.717, 1.165) is 37.6 Å². The number of piperidine rings is 1. The zero-order valence-electron chi connectivity index (χ0n) is 16.8. The fourth-order valence-electron chi connectivity index (χ4n) is 3.60. The van der Waals surface area contributed by atoms with Crippen molar-refractivity contribution in [2.75, 3.05) is 18.4 Å². The Bertz CT molecular complexity index is 1040. The number of hydrogen-bond acceptors (Lipinski definition) is 4. The molecule has 1 unspecified atom stereocenters. The molecule has 3 rings (SSSR count). The number of amides is 1. The van der Waals surface area contributed by atoms with Gasteiger partial charge in [0.05, 0.1) is 5.69 Å². The Balaban J connectivity index is 1.79. The first-order valence-electron chi connectivity index (χ1n) is 9.78. The van der Waals surface area contributed by atoms with Gasteiger partial charge in [-0.25, -0.2) is 17.5 Å². The van der Waals surface area contributed by atoms with Gasteiger partial charge < -0.3 is 10.6 Å². The third-order valence-electron chi connectivity index (χ3n) is 5.41. The van der Waals surface area contributed by atoms with E-state index in [4.69, 9.17) is 11.6 Å². The Morgan fingerprint density at radius 3 is 2.53 bits per heavy atom. The summed E-state index contributed by atoms with van der Waals surface area (Å²) in [4.78, 5) is 11.9. The van der Waals surface area contributed by atoms with Crippen molar-refractivity contribution in [1.29, 1.82) is 0 Å². The van der Waals surface area contributed by atoms with Crippen LogP contribution in [0, 0.1) is 18.7 Å². The number of rotatable bonds is 6. The molecule has 1 aliphatic rings. The lowest BCUT2D eigenvalue weighted by atomic mass is 9.92. The molecule has 9 heteroatoms. The molecule has 162 valence electrons. The third-order valence-corrected chi connectivity index (χ3v) is 7.35. The molecule has 30 heavy (non-hydrogen) atoms. The van der Waals surface area contributed by atoms with Crippen molar-refractivity contribution in [1.82, 2.24) is 10.0 Å². The molecule has 1 amide bonds. The van der Waals surface area contributed by atoms with Gasteiger partial charge in [0, 0.05) is 11.6 Å². The van der Waals surface area contributed by atoms with Gasteiger partial charge in [0.2, 0.25) is 10.0 Å². The van der Waals surface area contributed by atoms with Gasteiger partial charge in [-0.2, -0.15) is 0 Å². The average molecular weight is 454 g/mol. The molecule has 3 N–H and O–H groups in total. The first kappa shape index (κ1) is 22.7. The Hall–Kier alpha value is -2.00. The molecule has 0 aliphatic carbocycles. The number of carbonyl (C=O) groups excluding carboxylic acids is 1. The van der Waals surface area contributed by atoms with Crippen LogP contribution >= 0.6 is 11.6 Å². The van der Waals surface area contributed by atoms with E-state index >= 15 is 0 Å². The van der Waals surface area contributed by atoms with E-state index in [0.29, 0.717) is 5.56 Å². The molecular weight excluding hydrogens is 429 g/mol. The van der Waals surface area contributed by atoms with Gasteiger partial charge in [-0.1, -0.05) is 29.8 Å². The van der Waals surface area contributed by atoms with Crippen molar-refractivity contribution in [2.45, 2.75) is 37.6 Å². The van der Waals surface area contributed by atoms with Crippen LogP contribution in [0.15, 0.2) is 41.3 Å². The van der Waals surface area contributed by atoms with Crippen molar-refractivity contribution in [3.63, 3.8) is 0 Å². The maximum atomic E-state index is 14.9. The number of anilines is 1. The Labute approximate surface area is 181 Å². The number of aryl methyl sites for hydroxylation is 1. The van der Waals surface area contributed by atoms with Crippen LogP contribution in [-0.2, 0) is 10.0 Å². The van der Waals surface area contributed by atoms with E-state index in [9.17, 15) is 17.6 Å². The second-order valence-corrected chi connectivity index (χ2v) is 9.57. The summed E-state index contributed by atoms with van der Waals surface area (Å²) in [6.45, 7) is 5.21. The SMILES string of the molecule is Cc1ccccc1C(=O)Nc1ccc(S(=O)(=O)NC(C)C2CCNCC2)c(F)c1Cl. The normalized spacial score (nSPS) is 16.3. The zero-order valence-corrected chi connectivity index (χ0v) is 18.4. The van der Waals surface area contributed by atoms with Crippen LogP contribution in [0.25, 0.3) is 0 Å². The molecule has 0 aromatic heterocycles. The minimum atomic E-state index is -4.11. The molecule has 0 bridgehead atoms. The summed E-state index contributed by atoms with van der Waals surface area (Å²) in [5.74, 6) is -1.38. The van der Waals surface area contributed by atoms with E-state index in [1.807, 2.05) is 0 Å². The highest BCUT2D eigenvalue weighted by molar-refractivity contribution is 7.89. The summed E-state index contributed by atoms with van der Waals surface area (Å²) < 4.78 is 42.9. The maximum Gasteiger partial charge on any atom is 0.255 e. The minimum Gasteiger partial charge on any atom is -0.321 e. The molecule has 1 fully saturated rings. The van der Waals surface area contributed by atoms with Crippen LogP contribution in [0.3, 0.4) is 0 Å². The van der Waals surface area contributed by atoms with Crippen molar-refractivity contribution >= 4 is 33.2 Å². The summed E-state index contributed by atoms with van der Waals surface area (Å²) in [5, 5.41) is 5.33. The Morgan fingerprint density at radius 1 is 1.20 bits per heavy atom. The minimum absolute atomic E-state index is 0.00720. The highest BCUT2D eigenvalue weighted by atomic mass is 35.5. The van der Waals surface area contributed by atoms with E-state index in [-0.39, 0.29) is 17.6 Å². The molecule has 6 nitrogen and oxygen atoms in total.